The first kappa shape index (κ1) is 16.9. The van der Waals surface area contributed by atoms with E-state index in [2.05, 4.69) is 5.32 Å². The molecule has 2 aromatic rings. The van der Waals surface area contributed by atoms with Crippen molar-refractivity contribution < 1.29 is 35.1 Å². The summed E-state index contributed by atoms with van der Waals surface area (Å²) < 4.78 is 0. The summed E-state index contributed by atoms with van der Waals surface area (Å²) in [5, 5.41) is 50.3. The third-order valence-corrected chi connectivity index (χ3v) is 3.82. The standard InChI is InChI=1S/C18H13NO7/c20-13-4-1-8(6-14(13)21)5-9-2-3-10-11(17(23)24)7-12(18(25)26)16(22)15(10)19-9/h1-7,19-22H,(H,23,24)(H,25,26)/b9-5+. The van der Waals surface area contributed by atoms with Crippen LogP contribution in [0.15, 0.2) is 36.0 Å². The second-order valence-corrected chi connectivity index (χ2v) is 5.53. The van der Waals surface area contributed by atoms with E-state index in [9.17, 15) is 30.0 Å². The first-order chi connectivity index (χ1) is 12.3. The Morgan fingerprint density at radius 2 is 1.58 bits per heavy atom. The Kier molecular flexibility index (Phi) is 4.01. The topological polar surface area (TPSA) is 147 Å². The summed E-state index contributed by atoms with van der Waals surface area (Å²) in [4.78, 5) is 22.7. The Labute approximate surface area is 146 Å². The fourth-order valence-corrected chi connectivity index (χ4v) is 2.58. The van der Waals surface area contributed by atoms with Crippen LogP contribution in [0.4, 0.5) is 5.69 Å². The maximum atomic E-state index is 11.4. The van der Waals surface area contributed by atoms with Gasteiger partial charge in [-0.3, -0.25) is 0 Å². The summed E-state index contributed by atoms with van der Waals surface area (Å²) in [5.41, 5.74) is 0.232. The van der Waals surface area contributed by atoms with Crippen LogP contribution < -0.4 is 5.32 Å². The third-order valence-electron chi connectivity index (χ3n) is 3.82. The van der Waals surface area contributed by atoms with Crippen LogP contribution >= 0.6 is 0 Å². The zero-order valence-corrected chi connectivity index (χ0v) is 13.1. The van der Waals surface area contributed by atoms with Gasteiger partial charge in [-0.05, 0) is 42.0 Å². The van der Waals surface area contributed by atoms with Gasteiger partial charge in [-0.1, -0.05) is 6.07 Å². The van der Waals surface area contributed by atoms with Crippen LogP contribution in [0.1, 0.15) is 31.8 Å². The lowest BCUT2D eigenvalue weighted by Gasteiger charge is -2.20. The Hall–Kier alpha value is -3.94. The van der Waals surface area contributed by atoms with Gasteiger partial charge >= 0.3 is 11.9 Å². The second-order valence-electron chi connectivity index (χ2n) is 5.53. The van der Waals surface area contributed by atoms with Crippen molar-refractivity contribution in [1.82, 2.24) is 0 Å². The fourth-order valence-electron chi connectivity index (χ4n) is 2.58. The van der Waals surface area contributed by atoms with Gasteiger partial charge in [0.1, 0.15) is 5.56 Å². The minimum Gasteiger partial charge on any atom is -0.505 e. The second kappa shape index (κ2) is 6.17. The van der Waals surface area contributed by atoms with E-state index in [0.717, 1.165) is 6.07 Å². The number of anilines is 1. The van der Waals surface area contributed by atoms with Gasteiger partial charge < -0.3 is 30.8 Å². The molecule has 0 saturated carbocycles. The van der Waals surface area contributed by atoms with Crippen LogP contribution in [0.5, 0.6) is 17.2 Å². The number of aromatic hydroxyl groups is 3. The fraction of sp³-hybridized carbons (Fsp3) is 0. The van der Waals surface area contributed by atoms with Crippen molar-refractivity contribution in [2.24, 2.45) is 0 Å². The molecule has 2 aromatic carbocycles. The molecule has 0 saturated heterocycles. The molecule has 6 N–H and O–H groups in total. The number of phenolic OH excluding ortho intramolecular Hbond substituents is 2. The summed E-state index contributed by atoms with van der Waals surface area (Å²) in [6.45, 7) is 0. The summed E-state index contributed by atoms with van der Waals surface area (Å²) in [7, 11) is 0. The molecule has 8 nitrogen and oxygen atoms in total. The summed E-state index contributed by atoms with van der Waals surface area (Å²) in [6.07, 6.45) is 4.54. The highest BCUT2D eigenvalue weighted by atomic mass is 16.4. The lowest BCUT2D eigenvalue weighted by atomic mass is 9.96. The van der Waals surface area contributed by atoms with Crippen LogP contribution in [-0.2, 0) is 0 Å². The number of fused-ring (bicyclic) bond motifs is 1. The monoisotopic (exact) mass is 355 g/mol. The van der Waals surface area contributed by atoms with E-state index in [1.165, 1.54) is 24.3 Å². The molecule has 0 atom stereocenters. The zero-order valence-electron chi connectivity index (χ0n) is 13.1. The number of rotatable bonds is 3. The van der Waals surface area contributed by atoms with Gasteiger partial charge in [-0.2, -0.15) is 0 Å². The maximum absolute atomic E-state index is 11.4. The highest BCUT2D eigenvalue weighted by Gasteiger charge is 2.25. The smallest absolute Gasteiger partial charge is 0.339 e. The van der Waals surface area contributed by atoms with Gasteiger partial charge in [0.05, 0.1) is 11.3 Å². The molecule has 0 fully saturated rings. The van der Waals surface area contributed by atoms with Gasteiger partial charge in [0.25, 0.3) is 0 Å². The number of hydrogen-bond acceptors (Lipinski definition) is 6. The Balaban J connectivity index is 2.10. The molecule has 26 heavy (non-hydrogen) atoms. The van der Waals surface area contributed by atoms with E-state index < -0.39 is 23.3 Å². The summed E-state index contributed by atoms with van der Waals surface area (Å²) in [6, 6.07) is 5.04. The molecular weight excluding hydrogens is 342 g/mol. The minimum absolute atomic E-state index is 0.0425. The number of phenols is 3. The van der Waals surface area contributed by atoms with Crippen molar-refractivity contribution in [3.05, 3.63) is 58.3 Å². The van der Waals surface area contributed by atoms with Gasteiger partial charge in [0, 0.05) is 11.3 Å². The minimum atomic E-state index is -1.46. The number of allylic oxidation sites excluding steroid dienone is 1. The normalized spacial score (nSPS) is 13.9. The largest absolute Gasteiger partial charge is 0.505 e. The number of carbonyl (C=O) groups is 2. The molecule has 3 rings (SSSR count). The van der Waals surface area contributed by atoms with Gasteiger partial charge in [-0.25, -0.2) is 9.59 Å². The van der Waals surface area contributed by atoms with Crippen molar-refractivity contribution >= 4 is 29.8 Å². The predicted molar refractivity (Wildman–Crippen MR) is 92.4 cm³/mol. The van der Waals surface area contributed by atoms with E-state index in [-0.39, 0.29) is 28.3 Å². The number of benzene rings is 2. The number of aromatic carboxylic acids is 2. The number of nitrogens with one attached hydrogen (secondary N) is 1. The molecule has 0 spiro atoms. The Morgan fingerprint density at radius 3 is 2.19 bits per heavy atom. The molecule has 0 unspecified atom stereocenters. The molecule has 8 heteroatoms. The van der Waals surface area contributed by atoms with Crippen LogP contribution in [0.3, 0.4) is 0 Å². The van der Waals surface area contributed by atoms with Gasteiger partial charge in [-0.15, -0.1) is 0 Å². The predicted octanol–water partition coefficient (Wildman–Crippen LogP) is 2.68. The molecule has 1 aliphatic rings. The van der Waals surface area contributed by atoms with Gasteiger partial charge in [0.2, 0.25) is 0 Å². The van der Waals surface area contributed by atoms with Crippen molar-refractivity contribution in [2.45, 2.75) is 0 Å². The molecule has 1 aliphatic heterocycles. The highest BCUT2D eigenvalue weighted by molar-refractivity contribution is 6.04. The van der Waals surface area contributed by atoms with Crippen LogP contribution in [-0.4, -0.2) is 37.5 Å². The molecule has 1 heterocycles. The number of hydrogen-bond donors (Lipinski definition) is 6. The Morgan fingerprint density at radius 1 is 0.885 bits per heavy atom. The van der Waals surface area contributed by atoms with Crippen molar-refractivity contribution in [3.63, 3.8) is 0 Å². The lowest BCUT2D eigenvalue weighted by Crippen LogP contribution is -2.12. The summed E-state index contributed by atoms with van der Waals surface area (Å²) in [5.74, 6) is -3.96. The SMILES string of the molecule is O=C(O)c1cc(C(=O)O)c2c(c1O)N/C(=C/c1ccc(O)c(O)c1)C=C2. The average Bonchev–Trinajstić information content (AvgIpc) is 2.58. The quantitative estimate of drug-likeness (QED) is 0.461. The van der Waals surface area contributed by atoms with Crippen molar-refractivity contribution in [1.29, 1.82) is 0 Å². The number of carboxylic acids is 2. The Bertz CT molecular complexity index is 1010. The van der Waals surface area contributed by atoms with E-state index in [4.69, 9.17) is 5.11 Å². The van der Waals surface area contributed by atoms with Gasteiger partial charge in [0.15, 0.2) is 17.2 Å². The maximum Gasteiger partial charge on any atom is 0.339 e. The van der Waals surface area contributed by atoms with E-state index >= 15 is 0 Å². The van der Waals surface area contributed by atoms with Crippen LogP contribution in [0.2, 0.25) is 0 Å². The van der Waals surface area contributed by atoms with Crippen molar-refractivity contribution in [2.75, 3.05) is 5.32 Å². The molecule has 0 radical (unpaired) electrons. The zero-order chi connectivity index (χ0) is 19.0. The average molecular weight is 355 g/mol. The van der Waals surface area contributed by atoms with Crippen LogP contribution in [0.25, 0.3) is 12.2 Å². The molecule has 132 valence electrons. The third kappa shape index (κ3) is 2.91. The molecule has 0 amide bonds. The first-order valence-electron chi connectivity index (χ1n) is 7.33. The van der Waals surface area contributed by atoms with E-state index in [0.29, 0.717) is 11.3 Å². The molecule has 0 aliphatic carbocycles. The molecule has 0 aromatic heterocycles. The highest BCUT2D eigenvalue weighted by Crippen LogP contribution is 2.39. The first-order valence-corrected chi connectivity index (χ1v) is 7.33. The molecular formula is C18H13NO7. The molecule has 0 bridgehead atoms. The van der Waals surface area contributed by atoms with Crippen molar-refractivity contribution in [3.8, 4) is 17.2 Å². The van der Waals surface area contributed by atoms with Crippen LogP contribution in [0, 0.1) is 0 Å². The lowest BCUT2D eigenvalue weighted by molar-refractivity contribution is 0.0693. The number of carboxylic acid groups (broad SMARTS) is 2. The van der Waals surface area contributed by atoms with E-state index in [1.807, 2.05) is 0 Å². The summed E-state index contributed by atoms with van der Waals surface area (Å²) >= 11 is 0. The van der Waals surface area contributed by atoms with E-state index in [1.54, 1.807) is 12.2 Å².